The summed E-state index contributed by atoms with van der Waals surface area (Å²) in [4.78, 5) is 11.1. The lowest BCUT2D eigenvalue weighted by Crippen LogP contribution is -2.35. The maximum Gasteiger partial charge on any atom is 0.241 e. The number of pyridine rings is 1. The van der Waals surface area contributed by atoms with Crippen molar-refractivity contribution in [3.05, 3.63) is 34.9 Å². The van der Waals surface area contributed by atoms with Gasteiger partial charge in [0, 0.05) is 36.8 Å². The minimum Gasteiger partial charge on any atom is -0.356 e. The molecule has 1 aliphatic heterocycles. The van der Waals surface area contributed by atoms with E-state index in [0.717, 1.165) is 31.7 Å². The molecule has 0 saturated carbocycles. The van der Waals surface area contributed by atoms with E-state index in [-0.39, 0.29) is 4.90 Å². The lowest BCUT2D eigenvalue weighted by molar-refractivity contribution is 0.505. The summed E-state index contributed by atoms with van der Waals surface area (Å²) >= 11 is 1.69. The first-order valence-electron chi connectivity index (χ1n) is 7.14. The van der Waals surface area contributed by atoms with Crippen LogP contribution in [0, 0.1) is 0 Å². The van der Waals surface area contributed by atoms with Crippen LogP contribution in [0.3, 0.4) is 0 Å². The highest BCUT2D eigenvalue weighted by Crippen LogP contribution is 2.30. The highest BCUT2D eigenvalue weighted by atomic mass is 32.2. The Morgan fingerprint density at radius 3 is 2.86 bits per heavy atom. The lowest BCUT2D eigenvalue weighted by Gasteiger charge is -2.32. The van der Waals surface area contributed by atoms with E-state index in [2.05, 4.69) is 19.6 Å². The topological polar surface area (TPSA) is 75.2 Å². The maximum atomic E-state index is 11.7. The van der Waals surface area contributed by atoms with Crippen LogP contribution in [0.25, 0.3) is 0 Å². The highest BCUT2D eigenvalue weighted by Gasteiger charge is 2.24. The van der Waals surface area contributed by atoms with Gasteiger partial charge in [0.1, 0.15) is 10.7 Å². The maximum absolute atomic E-state index is 11.7. The molecule has 0 bridgehead atoms. The van der Waals surface area contributed by atoms with Gasteiger partial charge in [0.15, 0.2) is 0 Å². The van der Waals surface area contributed by atoms with Crippen LogP contribution in [0.4, 0.5) is 5.82 Å². The number of anilines is 1. The average Bonchev–Trinajstić information content (AvgIpc) is 3.10. The monoisotopic (exact) mass is 338 g/mol. The van der Waals surface area contributed by atoms with Gasteiger partial charge in [-0.3, -0.25) is 0 Å². The lowest BCUT2D eigenvalue weighted by atomic mass is 9.99. The third kappa shape index (κ3) is 3.13. The van der Waals surface area contributed by atoms with Crippen molar-refractivity contribution in [2.75, 3.05) is 25.0 Å². The van der Waals surface area contributed by atoms with Crippen LogP contribution in [0.1, 0.15) is 23.8 Å². The van der Waals surface area contributed by atoms with Gasteiger partial charge in [-0.05, 0) is 32.0 Å². The van der Waals surface area contributed by atoms with E-state index in [1.807, 2.05) is 11.6 Å². The van der Waals surface area contributed by atoms with Gasteiger partial charge in [0.25, 0.3) is 0 Å². The van der Waals surface area contributed by atoms with E-state index in [1.165, 1.54) is 18.3 Å². The molecule has 1 atom stereocenters. The summed E-state index contributed by atoms with van der Waals surface area (Å²) in [5.41, 5.74) is 0. The van der Waals surface area contributed by atoms with Gasteiger partial charge in [-0.15, -0.1) is 11.3 Å². The quantitative estimate of drug-likeness (QED) is 0.920. The molecule has 0 spiro atoms. The number of thiazole rings is 1. The molecule has 1 aliphatic rings. The van der Waals surface area contributed by atoms with Crippen LogP contribution in [-0.4, -0.2) is 38.5 Å². The van der Waals surface area contributed by atoms with Gasteiger partial charge < -0.3 is 4.90 Å². The van der Waals surface area contributed by atoms with Crippen molar-refractivity contribution in [1.29, 1.82) is 0 Å². The second-order valence-corrected chi connectivity index (χ2v) is 8.03. The Balaban J connectivity index is 1.76. The summed E-state index contributed by atoms with van der Waals surface area (Å²) in [5.74, 6) is 1.24. The molecule has 1 N–H and O–H groups in total. The van der Waals surface area contributed by atoms with Crippen molar-refractivity contribution < 1.29 is 8.42 Å². The molecule has 0 aromatic carbocycles. The second kappa shape index (κ2) is 6.31. The van der Waals surface area contributed by atoms with E-state index in [4.69, 9.17) is 0 Å². The SMILES string of the molecule is CNS(=O)(=O)c1ccc(N2CCCC(c3nccs3)C2)nc1. The van der Waals surface area contributed by atoms with E-state index < -0.39 is 10.0 Å². The molecule has 2 aromatic rings. The summed E-state index contributed by atoms with van der Waals surface area (Å²) in [6.07, 6.45) is 5.47. The smallest absolute Gasteiger partial charge is 0.241 e. The highest BCUT2D eigenvalue weighted by molar-refractivity contribution is 7.89. The minimum absolute atomic E-state index is 0.187. The van der Waals surface area contributed by atoms with Crippen LogP contribution in [0.2, 0.25) is 0 Å². The molecule has 6 nitrogen and oxygen atoms in total. The Morgan fingerprint density at radius 1 is 1.36 bits per heavy atom. The summed E-state index contributed by atoms with van der Waals surface area (Å²) in [6, 6.07) is 3.37. The fraction of sp³-hybridized carbons (Fsp3) is 0.429. The number of rotatable bonds is 4. The van der Waals surface area contributed by atoms with E-state index in [9.17, 15) is 8.42 Å². The molecular weight excluding hydrogens is 320 g/mol. The Morgan fingerprint density at radius 2 is 2.23 bits per heavy atom. The number of sulfonamides is 1. The third-order valence-electron chi connectivity index (χ3n) is 3.85. The molecule has 118 valence electrons. The number of piperidine rings is 1. The molecule has 3 heterocycles. The summed E-state index contributed by atoms with van der Waals surface area (Å²) in [7, 11) is -2.04. The Labute approximate surface area is 134 Å². The fourth-order valence-corrected chi connectivity index (χ4v) is 4.10. The zero-order valence-corrected chi connectivity index (χ0v) is 13.9. The van der Waals surface area contributed by atoms with E-state index >= 15 is 0 Å². The molecule has 0 aliphatic carbocycles. The summed E-state index contributed by atoms with van der Waals surface area (Å²) < 4.78 is 25.7. The van der Waals surface area contributed by atoms with Crippen molar-refractivity contribution >= 4 is 27.2 Å². The molecule has 3 rings (SSSR count). The van der Waals surface area contributed by atoms with Gasteiger partial charge in [0.05, 0.1) is 5.01 Å². The van der Waals surface area contributed by atoms with Crippen molar-refractivity contribution in [3.63, 3.8) is 0 Å². The summed E-state index contributed by atoms with van der Waals surface area (Å²) in [6.45, 7) is 1.81. The number of hydrogen-bond donors (Lipinski definition) is 1. The molecule has 22 heavy (non-hydrogen) atoms. The van der Waals surface area contributed by atoms with Crippen molar-refractivity contribution in [2.24, 2.45) is 0 Å². The predicted octanol–water partition coefficient (Wildman–Crippen LogP) is 1.83. The predicted molar refractivity (Wildman–Crippen MR) is 86.8 cm³/mol. The molecule has 1 unspecified atom stereocenters. The molecule has 1 saturated heterocycles. The number of nitrogens with one attached hydrogen (secondary N) is 1. The first-order valence-corrected chi connectivity index (χ1v) is 9.50. The minimum atomic E-state index is -3.43. The zero-order chi connectivity index (χ0) is 15.6. The number of nitrogens with zero attached hydrogens (tertiary/aromatic N) is 3. The molecule has 2 aromatic heterocycles. The molecule has 8 heteroatoms. The van der Waals surface area contributed by atoms with Crippen LogP contribution < -0.4 is 9.62 Å². The van der Waals surface area contributed by atoms with Crippen molar-refractivity contribution in [2.45, 2.75) is 23.7 Å². The molecule has 0 radical (unpaired) electrons. The third-order valence-corrected chi connectivity index (χ3v) is 6.18. The van der Waals surface area contributed by atoms with Crippen molar-refractivity contribution in [3.8, 4) is 0 Å². The van der Waals surface area contributed by atoms with Crippen molar-refractivity contribution in [1.82, 2.24) is 14.7 Å². The van der Waals surface area contributed by atoms with Gasteiger partial charge >= 0.3 is 0 Å². The average molecular weight is 338 g/mol. The van der Waals surface area contributed by atoms with Crippen LogP contribution in [0.5, 0.6) is 0 Å². The van der Waals surface area contributed by atoms with Gasteiger partial charge in [-0.25, -0.2) is 23.1 Å². The molecular formula is C14H18N4O2S2. The fourth-order valence-electron chi connectivity index (χ4n) is 2.66. The first-order chi connectivity index (χ1) is 10.6. The standard InChI is InChI=1S/C14H18N4O2S2/c1-15-22(19,20)12-4-5-13(17-9-12)18-7-2-3-11(10-18)14-16-6-8-21-14/h4-6,8-9,11,15H,2-3,7,10H2,1H3. The normalized spacial score (nSPS) is 19.3. The zero-order valence-electron chi connectivity index (χ0n) is 12.3. The number of aromatic nitrogens is 2. The largest absolute Gasteiger partial charge is 0.356 e. The Hall–Kier alpha value is -1.51. The number of hydrogen-bond acceptors (Lipinski definition) is 6. The van der Waals surface area contributed by atoms with Gasteiger partial charge in [-0.2, -0.15) is 0 Å². The Kier molecular flexibility index (Phi) is 4.42. The second-order valence-electron chi connectivity index (χ2n) is 5.22. The van der Waals surface area contributed by atoms with Crippen LogP contribution in [0.15, 0.2) is 34.8 Å². The van der Waals surface area contributed by atoms with E-state index in [1.54, 1.807) is 23.5 Å². The Bertz CT molecular complexity index is 714. The molecule has 1 fully saturated rings. The molecule has 0 amide bonds. The van der Waals surface area contributed by atoms with Crippen LogP contribution in [-0.2, 0) is 10.0 Å². The van der Waals surface area contributed by atoms with Gasteiger partial charge in [-0.1, -0.05) is 0 Å². The van der Waals surface area contributed by atoms with Gasteiger partial charge in [0.2, 0.25) is 10.0 Å². The van der Waals surface area contributed by atoms with Crippen LogP contribution >= 0.6 is 11.3 Å². The first kappa shape index (κ1) is 15.4. The summed E-state index contributed by atoms with van der Waals surface area (Å²) in [5, 5.41) is 3.17. The van der Waals surface area contributed by atoms with E-state index in [0.29, 0.717) is 5.92 Å².